The molecule has 0 radical (unpaired) electrons. The van der Waals surface area contributed by atoms with Crippen molar-refractivity contribution >= 4 is 5.97 Å². The average Bonchev–Trinajstić information content (AvgIpc) is 3.32. The van der Waals surface area contributed by atoms with Crippen molar-refractivity contribution in [1.82, 2.24) is 0 Å². The van der Waals surface area contributed by atoms with E-state index in [9.17, 15) is 25.2 Å². The minimum atomic E-state index is -1.55. The van der Waals surface area contributed by atoms with Crippen LogP contribution in [0.25, 0.3) is 0 Å². The number of unbranched alkanes of at least 4 members (excludes halogenated alkanes) is 17. The summed E-state index contributed by atoms with van der Waals surface area (Å²) in [5.41, 5.74) is 0. The Balaban J connectivity index is 2.23. The molecule has 0 spiro atoms. The summed E-state index contributed by atoms with van der Waals surface area (Å²) in [6, 6.07) is 0. The Morgan fingerprint density at radius 1 is 0.500 bits per heavy atom. The molecule has 9 nitrogen and oxygen atoms in total. The molecule has 0 aliphatic carbocycles. The molecule has 1 heterocycles. The highest BCUT2D eigenvalue weighted by molar-refractivity contribution is 5.69. The van der Waals surface area contributed by atoms with Gasteiger partial charge >= 0.3 is 5.97 Å². The van der Waals surface area contributed by atoms with Crippen LogP contribution >= 0.6 is 0 Å². The molecule has 0 saturated carbocycles. The number of rotatable bonds is 44. The van der Waals surface area contributed by atoms with Crippen LogP contribution in [0.15, 0.2) is 97.2 Å². The van der Waals surface area contributed by atoms with Gasteiger partial charge in [0.2, 0.25) is 0 Å². The van der Waals surface area contributed by atoms with Gasteiger partial charge in [-0.25, -0.2) is 0 Å². The Hall–Kier alpha value is -2.89. The molecule has 0 amide bonds. The second kappa shape index (κ2) is 47.2. The summed E-state index contributed by atoms with van der Waals surface area (Å²) in [6.07, 6.45) is 58.6. The Morgan fingerprint density at radius 3 is 1.39 bits per heavy atom. The molecule has 1 rings (SSSR count). The fourth-order valence-corrected chi connectivity index (χ4v) is 7.41. The monoisotopic (exact) mass is 925 g/mol. The molecule has 378 valence electrons. The number of allylic oxidation sites excluding steroid dienone is 16. The third-order valence-corrected chi connectivity index (χ3v) is 11.5. The lowest BCUT2D eigenvalue weighted by Crippen LogP contribution is -2.59. The van der Waals surface area contributed by atoms with Crippen molar-refractivity contribution in [2.24, 2.45) is 0 Å². The maximum absolute atomic E-state index is 12.9. The Labute approximate surface area is 402 Å². The van der Waals surface area contributed by atoms with Gasteiger partial charge in [0.1, 0.15) is 30.5 Å². The van der Waals surface area contributed by atoms with E-state index in [4.69, 9.17) is 18.9 Å². The van der Waals surface area contributed by atoms with E-state index in [0.717, 1.165) is 109 Å². The summed E-state index contributed by atoms with van der Waals surface area (Å²) in [6.45, 7) is 4.38. The van der Waals surface area contributed by atoms with Crippen LogP contribution in [0.5, 0.6) is 0 Å². The predicted octanol–water partition coefficient (Wildman–Crippen LogP) is 13.1. The maximum Gasteiger partial charge on any atom is 0.306 e. The molecule has 0 aromatic carbocycles. The van der Waals surface area contributed by atoms with Crippen molar-refractivity contribution < 1.29 is 44.2 Å². The molecule has 1 saturated heterocycles. The van der Waals surface area contributed by atoms with Gasteiger partial charge in [0.15, 0.2) is 6.29 Å². The standard InChI is InChI=1S/C57H96O9/c1-3-5-7-9-11-13-15-17-19-21-23-24-25-26-27-28-29-30-32-34-36-38-40-42-44-46-53(59)65-51(50-64-57-56(62)55(61)54(60)52(48-58)66-57)49-63-47-45-43-41-39-37-35-33-31-22-20-18-16-14-12-10-8-6-4-2/h5,7,11-14,17-20,23-24,26-27,29-30,51-52,54-58,60-62H,3-4,6,8-10,15-16,21-22,25,28,31-50H2,1-2H3/b7-5-,13-11-,14-12-,19-17-,20-18-,24-23-,27-26-,30-29-. The van der Waals surface area contributed by atoms with Crippen LogP contribution in [0.2, 0.25) is 0 Å². The van der Waals surface area contributed by atoms with E-state index in [1.807, 2.05) is 0 Å². The van der Waals surface area contributed by atoms with Gasteiger partial charge in [-0.15, -0.1) is 0 Å². The van der Waals surface area contributed by atoms with Gasteiger partial charge in [-0.3, -0.25) is 4.79 Å². The predicted molar refractivity (Wildman–Crippen MR) is 274 cm³/mol. The largest absolute Gasteiger partial charge is 0.457 e. The number of carbonyl (C=O) groups excluding carboxylic acids is 1. The van der Waals surface area contributed by atoms with Crippen molar-refractivity contribution in [3.05, 3.63) is 97.2 Å². The van der Waals surface area contributed by atoms with Gasteiger partial charge in [0, 0.05) is 13.0 Å². The second-order valence-corrected chi connectivity index (χ2v) is 17.6. The number of carbonyl (C=O) groups is 1. The van der Waals surface area contributed by atoms with Crippen LogP contribution in [0, 0.1) is 0 Å². The number of ether oxygens (including phenoxy) is 4. The SMILES string of the molecule is CC/C=C\C/C=C\C/C=C\C/C=C\C/C=C\C/C=C\CCCCCCCCC(=O)OC(COCCCCCCCCCC/C=C\C/C=C\CCCCC)COC1OC(CO)C(O)C(O)C1O. The molecule has 1 fully saturated rings. The van der Waals surface area contributed by atoms with E-state index in [1.54, 1.807) is 0 Å². The van der Waals surface area contributed by atoms with Crippen molar-refractivity contribution in [3.63, 3.8) is 0 Å². The van der Waals surface area contributed by atoms with Gasteiger partial charge in [0.25, 0.3) is 0 Å². The Bertz CT molecular complexity index is 1330. The molecule has 6 atom stereocenters. The minimum Gasteiger partial charge on any atom is -0.457 e. The first-order valence-corrected chi connectivity index (χ1v) is 26.3. The van der Waals surface area contributed by atoms with Crippen LogP contribution in [-0.2, 0) is 23.7 Å². The highest BCUT2D eigenvalue weighted by atomic mass is 16.7. The Morgan fingerprint density at radius 2 is 0.924 bits per heavy atom. The van der Waals surface area contributed by atoms with Crippen LogP contribution in [0.3, 0.4) is 0 Å². The summed E-state index contributed by atoms with van der Waals surface area (Å²) >= 11 is 0. The minimum absolute atomic E-state index is 0.128. The van der Waals surface area contributed by atoms with Crippen molar-refractivity contribution in [3.8, 4) is 0 Å². The number of aliphatic hydroxyl groups is 4. The van der Waals surface area contributed by atoms with Gasteiger partial charge in [-0.1, -0.05) is 188 Å². The molecule has 1 aliphatic heterocycles. The summed E-state index contributed by atoms with van der Waals surface area (Å²) in [5, 5.41) is 40.3. The third-order valence-electron chi connectivity index (χ3n) is 11.5. The Kier molecular flexibility index (Phi) is 43.7. The molecule has 66 heavy (non-hydrogen) atoms. The van der Waals surface area contributed by atoms with Crippen LogP contribution < -0.4 is 0 Å². The van der Waals surface area contributed by atoms with Crippen LogP contribution in [0.4, 0.5) is 0 Å². The summed E-state index contributed by atoms with van der Waals surface area (Å²) < 4.78 is 22.9. The molecule has 0 aromatic rings. The van der Waals surface area contributed by atoms with Gasteiger partial charge in [-0.05, 0) is 96.3 Å². The highest BCUT2D eigenvalue weighted by Gasteiger charge is 2.44. The number of esters is 1. The summed E-state index contributed by atoms with van der Waals surface area (Å²) in [7, 11) is 0. The molecule has 6 unspecified atom stereocenters. The fraction of sp³-hybridized carbons (Fsp3) is 0.702. The van der Waals surface area contributed by atoms with E-state index in [0.29, 0.717) is 13.0 Å². The zero-order valence-electron chi connectivity index (χ0n) is 41.7. The first-order valence-electron chi connectivity index (χ1n) is 26.3. The normalized spacial score (nSPS) is 20.1. The molecular formula is C57H96O9. The first-order chi connectivity index (χ1) is 32.4. The lowest BCUT2D eigenvalue weighted by molar-refractivity contribution is -0.305. The van der Waals surface area contributed by atoms with Crippen LogP contribution in [-0.4, -0.2) is 89.6 Å². The lowest BCUT2D eigenvalue weighted by atomic mass is 9.99. The van der Waals surface area contributed by atoms with Crippen molar-refractivity contribution in [2.75, 3.05) is 26.4 Å². The first kappa shape index (κ1) is 61.1. The van der Waals surface area contributed by atoms with E-state index in [-0.39, 0.29) is 19.2 Å². The van der Waals surface area contributed by atoms with Crippen LogP contribution in [0.1, 0.15) is 194 Å². The topological polar surface area (TPSA) is 135 Å². The second-order valence-electron chi connectivity index (χ2n) is 17.6. The fourth-order valence-electron chi connectivity index (χ4n) is 7.41. The molecule has 1 aliphatic rings. The molecular weight excluding hydrogens is 829 g/mol. The molecule has 9 heteroatoms. The summed E-state index contributed by atoms with van der Waals surface area (Å²) in [5.74, 6) is -0.333. The van der Waals surface area contributed by atoms with Crippen molar-refractivity contribution in [1.29, 1.82) is 0 Å². The maximum atomic E-state index is 12.9. The molecule has 0 aromatic heterocycles. The number of aliphatic hydroxyl groups excluding tert-OH is 4. The van der Waals surface area contributed by atoms with E-state index < -0.39 is 43.4 Å². The van der Waals surface area contributed by atoms with Gasteiger partial charge in [0.05, 0.1) is 19.8 Å². The zero-order chi connectivity index (χ0) is 47.8. The molecule has 4 N–H and O–H groups in total. The number of hydrogen-bond acceptors (Lipinski definition) is 9. The third kappa shape index (κ3) is 37.1. The highest BCUT2D eigenvalue weighted by Crippen LogP contribution is 2.22. The zero-order valence-corrected chi connectivity index (χ0v) is 41.7. The van der Waals surface area contributed by atoms with Gasteiger partial charge in [-0.2, -0.15) is 0 Å². The number of hydrogen-bond donors (Lipinski definition) is 4. The van der Waals surface area contributed by atoms with E-state index in [1.165, 1.54) is 64.2 Å². The van der Waals surface area contributed by atoms with Crippen molar-refractivity contribution in [2.45, 2.75) is 230 Å². The van der Waals surface area contributed by atoms with E-state index in [2.05, 4.69) is 111 Å². The quantitative estimate of drug-likeness (QED) is 0.0268. The van der Waals surface area contributed by atoms with E-state index >= 15 is 0 Å². The smallest absolute Gasteiger partial charge is 0.306 e. The summed E-state index contributed by atoms with van der Waals surface area (Å²) in [4.78, 5) is 12.9. The average molecular weight is 925 g/mol. The lowest BCUT2D eigenvalue weighted by Gasteiger charge is -2.39. The molecule has 0 bridgehead atoms. The van der Waals surface area contributed by atoms with Gasteiger partial charge < -0.3 is 39.4 Å².